The number of hydrogen-bond acceptors (Lipinski definition) is 6. The van der Waals surface area contributed by atoms with Crippen molar-refractivity contribution in [3.05, 3.63) is 47.6 Å². The van der Waals surface area contributed by atoms with Crippen LogP contribution in [0, 0.1) is 12.8 Å². The van der Waals surface area contributed by atoms with Gasteiger partial charge < -0.3 is 4.52 Å². The second kappa shape index (κ2) is 6.44. The molecule has 2 heterocycles. The van der Waals surface area contributed by atoms with Crippen LogP contribution >= 0.6 is 0 Å². The molecule has 2 fully saturated rings. The first-order chi connectivity index (χ1) is 12.3. The summed E-state index contributed by atoms with van der Waals surface area (Å²) in [5.74, 6) is 1.56. The van der Waals surface area contributed by atoms with E-state index in [1.807, 2.05) is 13.0 Å². The monoisotopic (exact) mass is 376 g/mol. The van der Waals surface area contributed by atoms with E-state index in [-0.39, 0.29) is 11.5 Å². The van der Waals surface area contributed by atoms with Crippen molar-refractivity contribution in [3.63, 3.8) is 0 Å². The second-order valence-corrected chi connectivity index (χ2v) is 9.46. The van der Waals surface area contributed by atoms with Crippen molar-refractivity contribution >= 4 is 10.0 Å². The fourth-order valence-corrected chi connectivity index (χ4v) is 5.45. The highest BCUT2D eigenvalue weighted by molar-refractivity contribution is 7.88. The van der Waals surface area contributed by atoms with Crippen LogP contribution in [0.1, 0.15) is 30.1 Å². The van der Waals surface area contributed by atoms with E-state index in [2.05, 4.69) is 44.0 Å². The summed E-state index contributed by atoms with van der Waals surface area (Å²) in [6.07, 6.45) is 2.70. The molecule has 1 saturated carbocycles. The Kier molecular flexibility index (Phi) is 4.37. The van der Waals surface area contributed by atoms with Crippen LogP contribution in [0.4, 0.5) is 0 Å². The van der Waals surface area contributed by atoms with Gasteiger partial charge in [-0.25, -0.2) is 13.1 Å². The standard InChI is InChI=1S/C18H24N4O3S/c1-13-19-17(25-20-13)18-9-16(21-26(2,23)24)8-15(18)11-22(12-18)10-14-6-4-3-5-7-14/h3-7,15-16,21H,8-12H2,1-2H3/t15-,16+,18-/m0/s1. The summed E-state index contributed by atoms with van der Waals surface area (Å²) in [5, 5.41) is 3.98. The lowest BCUT2D eigenvalue weighted by molar-refractivity contribution is 0.241. The number of rotatable bonds is 5. The molecule has 2 aliphatic rings. The largest absolute Gasteiger partial charge is 0.339 e. The maximum absolute atomic E-state index is 11.7. The molecular formula is C18H24N4O3S. The van der Waals surface area contributed by atoms with Gasteiger partial charge >= 0.3 is 0 Å². The summed E-state index contributed by atoms with van der Waals surface area (Å²) in [4.78, 5) is 6.93. The van der Waals surface area contributed by atoms with Crippen LogP contribution in [-0.2, 0) is 22.0 Å². The molecule has 2 aromatic rings. The normalized spacial score (nSPS) is 29.2. The fraction of sp³-hybridized carbons (Fsp3) is 0.556. The quantitative estimate of drug-likeness (QED) is 0.850. The molecule has 0 bridgehead atoms. The van der Waals surface area contributed by atoms with Gasteiger partial charge in [-0.05, 0) is 31.2 Å². The minimum Gasteiger partial charge on any atom is -0.339 e. The third-order valence-corrected chi connectivity index (χ3v) is 6.29. The van der Waals surface area contributed by atoms with Gasteiger partial charge in [-0.2, -0.15) is 4.98 Å². The number of benzene rings is 1. The third-order valence-electron chi connectivity index (χ3n) is 5.53. The van der Waals surface area contributed by atoms with Gasteiger partial charge in [0.15, 0.2) is 5.82 Å². The van der Waals surface area contributed by atoms with Crippen LogP contribution in [0.25, 0.3) is 0 Å². The predicted octanol–water partition coefficient (Wildman–Crippen LogP) is 1.46. The number of sulfonamides is 1. The smallest absolute Gasteiger partial charge is 0.234 e. The second-order valence-electron chi connectivity index (χ2n) is 7.68. The van der Waals surface area contributed by atoms with E-state index in [0.717, 1.165) is 26.1 Å². The molecule has 1 saturated heterocycles. The summed E-state index contributed by atoms with van der Waals surface area (Å²) in [5.41, 5.74) is 0.994. The highest BCUT2D eigenvalue weighted by atomic mass is 32.2. The first-order valence-corrected chi connectivity index (χ1v) is 10.8. The molecule has 8 heteroatoms. The van der Waals surface area contributed by atoms with Gasteiger partial charge in [-0.15, -0.1) is 0 Å². The molecule has 0 spiro atoms. The van der Waals surface area contributed by atoms with Gasteiger partial charge in [-0.1, -0.05) is 35.5 Å². The van der Waals surface area contributed by atoms with Crippen LogP contribution in [0.2, 0.25) is 0 Å². The molecule has 7 nitrogen and oxygen atoms in total. The van der Waals surface area contributed by atoms with Crippen LogP contribution in [-0.4, -0.2) is 48.8 Å². The van der Waals surface area contributed by atoms with Crippen LogP contribution in [0.3, 0.4) is 0 Å². The van der Waals surface area contributed by atoms with E-state index in [1.54, 1.807) is 0 Å². The van der Waals surface area contributed by atoms with E-state index in [9.17, 15) is 8.42 Å². The summed E-state index contributed by atoms with van der Waals surface area (Å²) < 4.78 is 31.7. The maximum atomic E-state index is 11.7. The Bertz CT molecular complexity index is 883. The Hall–Kier alpha value is -1.77. The fourth-order valence-electron chi connectivity index (χ4n) is 4.66. The topological polar surface area (TPSA) is 88.3 Å². The lowest BCUT2D eigenvalue weighted by Gasteiger charge is -2.25. The number of likely N-dealkylation sites (tertiary alicyclic amines) is 1. The number of aryl methyl sites for hydroxylation is 1. The molecule has 3 atom stereocenters. The van der Waals surface area contributed by atoms with Gasteiger partial charge in [0.25, 0.3) is 0 Å². The Balaban J connectivity index is 1.58. The van der Waals surface area contributed by atoms with Gasteiger partial charge in [0, 0.05) is 25.7 Å². The number of nitrogens with one attached hydrogen (secondary N) is 1. The van der Waals surface area contributed by atoms with Gasteiger partial charge in [0.1, 0.15) is 0 Å². The van der Waals surface area contributed by atoms with E-state index >= 15 is 0 Å². The number of aromatic nitrogens is 2. The van der Waals surface area contributed by atoms with Gasteiger partial charge in [0.05, 0.1) is 11.7 Å². The lowest BCUT2D eigenvalue weighted by Crippen LogP contribution is -2.37. The van der Waals surface area contributed by atoms with Crippen molar-refractivity contribution in [2.75, 3.05) is 19.3 Å². The molecule has 0 amide bonds. The summed E-state index contributed by atoms with van der Waals surface area (Å²) in [6, 6.07) is 10.3. The van der Waals surface area contributed by atoms with E-state index in [1.165, 1.54) is 11.8 Å². The number of fused-ring (bicyclic) bond motifs is 1. The first-order valence-electron chi connectivity index (χ1n) is 8.88. The molecule has 140 valence electrons. The molecule has 1 aliphatic heterocycles. The molecule has 4 rings (SSSR count). The zero-order valence-corrected chi connectivity index (χ0v) is 15.9. The third kappa shape index (κ3) is 3.41. The highest BCUT2D eigenvalue weighted by Gasteiger charge is 2.57. The molecule has 1 aromatic heterocycles. The van der Waals surface area contributed by atoms with Crippen molar-refractivity contribution in [2.45, 2.75) is 37.8 Å². The van der Waals surface area contributed by atoms with Crippen molar-refractivity contribution in [3.8, 4) is 0 Å². The van der Waals surface area contributed by atoms with Gasteiger partial charge in [-0.3, -0.25) is 4.90 Å². The maximum Gasteiger partial charge on any atom is 0.234 e. The molecule has 0 radical (unpaired) electrons. The highest BCUT2D eigenvalue weighted by Crippen LogP contribution is 2.50. The van der Waals surface area contributed by atoms with E-state index in [0.29, 0.717) is 24.1 Å². The average molecular weight is 376 g/mol. The van der Waals surface area contributed by atoms with Crippen molar-refractivity contribution in [2.24, 2.45) is 5.92 Å². The number of hydrogen-bond donors (Lipinski definition) is 1. The summed E-state index contributed by atoms with van der Waals surface area (Å²) in [6.45, 7) is 4.39. The van der Waals surface area contributed by atoms with Crippen LogP contribution in [0.5, 0.6) is 0 Å². The molecule has 1 aromatic carbocycles. The Morgan fingerprint density at radius 1 is 1.35 bits per heavy atom. The predicted molar refractivity (Wildman–Crippen MR) is 96.9 cm³/mol. The van der Waals surface area contributed by atoms with Crippen LogP contribution in [0.15, 0.2) is 34.9 Å². The minimum absolute atomic E-state index is 0.0823. The number of nitrogens with zero attached hydrogens (tertiary/aromatic N) is 3. The van der Waals surface area contributed by atoms with E-state index < -0.39 is 10.0 Å². The SMILES string of the molecule is Cc1noc([C@]23C[C@H](NS(C)(=O)=O)C[C@H]2CN(Cc2ccccc2)C3)n1. The molecule has 1 N–H and O–H groups in total. The molecular weight excluding hydrogens is 352 g/mol. The Morgan fingerprint density at radius 3 is 2.77 bits per heavy atom. The molecule has 26 heavy (non-hydrogen) atoms. The zero-order valence-electron chi connectivity index (χ0n) is 15.1. The Labute approximate surface area is 153 Å². The first kappa shape index (κ1) is 17.6. The van der Waals surface area contributed by atoms with Crippen LogP contribution < -0.4 is 4.72 Å². The Morgan fingerprint density at radius 2 is 2.12 bits per heavy atom. The van der Waals surface area contributed by atoms with E-state index in [4.69, 9.17) is 4.52 Å². The minimum atomic E-state index is -3.23. The zero-order chi connectivity index (χ0) is 18.4. The van der Waals surface area contributed by atoms with Crippen molar-refractivity contribution in [1.29, 1.82) is 0 Å². The average Bonchev–Trinajstić information content (AvgIpc) is 3.19. The molecule has 1 aliphatic carbocycles. The summed E-state index contributed by atoms with van der Waals surface area (Å²) in [7, 11) is -3.23. The van der Waals surface area contributed by atoms with Crippen molar-refractivity contribution in [1.82, 2.24) is 19.8 Å². The molecule has 0 unspecified atom stereocenters. The summed E-state index contributed by atoms with van der Waals surface area (Å²) >= 11 is 0. The lowest BCUT2D eigenvalue weighted by atomic mass is 9.80. The van der Waals surface area contributed by atoms with Gasteiger partial charge in [0.2, 0.25) is 15.9 Å². The van der Waals surface area contributed by atoms with Crippen molar-refractivity contribution < 1.29 is 12.9 Å².